The standard InChI is InChI=1S/C15H15N3O2S.ClH/c1-9-7-21-15-13(9)14(16-8-17-15)18-11-6-10(19-2)4-5-12(11)20-3;/h4-8H,1-3H3,(H,16,17,18);1H. The van der Waals surface area contributed by atoms with Gasteiger partial charge in [-0.15, -0.1) is 23.7 Å². The molecule has 3 rings (SSSR count). The molecule has 5 nitrogen and oxygen atoms in total. The Morgan fingerprint density at radius 1 is 1.14 bits per heavy atom. The lowest BCUT2D eigenvalue weighted by Gasteiger charge is -2.12. The predicted molar refractivity (Wildman–Crippen MR) is 92.2 cm³/mol. The average Bonchev–Trinajstić information content (AvgIpc) is 2.90. The van der Waals surface area contributed by atoms with Gasteiger partial charge in [-0.25, -0.2) is 9.97 Å². The highest BCUT2D eigenvalue weighted by Gasteiger charge is 2.11. The highest BCUT2D eigenvalue weighted by molar-refractivity contribution is 7.17. The molecule has 0 amide bonds. The van der Waals surface area contributed by atoms with Crippen LogP contribution in [0.4, 0.5) is 11.5 Å². The van der Waals surface area contributed by atoms with Crippen LogP contribution in [0.3, 0.4) is 0 Å². The number of aryl methyl sites for hydroxylation is 1. The molecule has 2 aromatic heterocycles. The average molecular weight is 338 g/mol. The zero-order chi connectivity index (χ0) is 14.8. The van der Waals surface area contributed by atoms with Crippen LogP contribution in [0.1, 0.15) is 5.56 Å². The van der Waals surface area contributed by atoms with Crippen LogP contribution in [0.25, 0.3) is 10.2 Å². The van der Waals surface area contributed by atoms with Crippen molar-refractivity contribution >= 4 is 45.5 Å². The molecule has 0 bridgehead atoms. The molecular weight excluding hydrogens is 322 g/mol. The van der Waals surface area contributed by atoms with Crippen LogP contribution in [0.2, 0.25) is 0 Å². The molecule has 7 heteroatoms. The van der Waals surface area contributed by atoms with E-state index in [2.05, 4.69) is 27.6 Å². The van der Waals surface area contributed by atoms with E-state index in [0.29, 0.717) is 0 Å². The SMILES string of the molecule is COc1ccc(OC)c(Nc2ncnc3scc(C)c23)c1.Cl. The van der Waals surface area contributed by atoms with Gasteiger partial charge in [0.1, 0.15) is 28.5 Å². The predicted octanol–water partition coefficient (Wildman–Crippen LogP) is 4.18. The lowest BCUT2D eigenvalue weighted by atomic mass is 10.2. The Hall–Kier alpha value is -2.05. The maximum atomic E-state index is 5.38. The second kappa shape index (κ2) is 6.81. The summed E-state index contributed by atoms with van der Waals surface area (Å²) in [4.78, 5) is 9.61. The summed E-state index contributed by atoms with van der Waals surface area (Å²) in [6.45, 7) is 2.05. The maximum Gasteiger partial charge on any atom is 0.142 e. The molecule has 0 aliphatic carbocycles. The number of anilines is 2. The highest BCUT2D eigenvalue weighted by atomic mass is 35.5. The van der Waals surface area contributed by atoms with Gasteiger partial charge in [-0.2, -0.15) is 0 Å². The van der Waals surface area contributed by atoms with Crippen LogP contribution in [0.15, 0.2) is 29.9 Å². The third-order valence-corrected chi connectivity index (χ3v) is 4.22. The van der Waals surface area contributed by atoms with E-state index in [1.165, 1.54) is 0 Å². The summed E-state index contributed by atoms with van der Waals surface area (Å²) in [5.41, 5.74) is 1.96. The molecule has 3 aromatic rings. The first kappa shape index (κ1) is 16.3. The molecule has 0 spiro atoms. The number of nitrogens with zero attached hydrogens (tertiary/aromatic N) is 2. The fraction of sp³-hybridized carbons (Fsp3) is 0.200. The normalized spacial score (nSPS) is 10.1. The molecule has 0 aliphatic rings. The lowest BCUT2D eigenvalue weighted by Crippen LogP contribution is -1.98. The van der Waals surface area contributed by atoms with Crippen molar-refractivity contribution in [2.45, 2.75) is 6.92 Å². The number of thiophene rings is 1. The van der Waals surface area contributed by atoms with Gasteiger partial charge in [0.15, 0.2) is 0 Å². The molecule has 0 fully saturated rings. The molecule has 1 aromatic carbocycles. The third kappa shape index (κ3) is 2.93. The largest absolute Gasteiger partial charge is 0.497 e. The minimum atomic E-state index is 0. The molecular formula is C15H16ClN3O2S. The van der Waals surface area contributed by atoms with Crippen molar-refractivity contribution in [3.8, 4) is 11.5 Å². The summed E-state index contributed by atoms with van der Waals surface area (Å²) >= 11 is 1.61. The number of nitrogens with one attached hydrogen (secondary N) is 1. The zero-order valence-corrected chi connectivity index (χ0v) is 14.0. The minimum Gasteiger partial charge on any atom is -0.497 e. The second-order valence-electron chi connectivity index (χ2n) is 4.51. The molecule has 0 radical (unpaired) electrons. The van der Waals surface area contributed by atoms with Crippen LogP contribution in [0.5, 0.6) is 11.5 Å². The first-order valence-corrected chi connectivity index (χ1v) is 7.28. The maximum absolute atomic E-state index is 5.38. The zero-order valence-electron chi connectivity index (χ0n) is 12.4. The van der Waals surface area contributed by atoms with Gasteiger partial charge in [0.25, 0.3) is 0 Å². The summed E-state index contributed by atoms with van der Waals surface area (Å²) in [7, 11) is 3.27. The first-order valence-electron chi connectivity index (χ1n) is 6.40. The summed E-state index contributed by atoms with van der Waals surface area (Å²) in [5, 5.41) is 6.43. The monoisotopic (exact) mass is 337 g/mol. The summed E-state index contributed by atoms with van der Waals surface area (Å²) in [6.07, 6.45) is 1.56. The van der Waals surface area contributed by atoms with Gasteiger partial charge in [0, 0.05) is 6.07 Å². The van der Waals surface area contributed by atoms with Crippen molar-refractivity contribution in [2.75, 3.05) is 19.5 Å². The Balaban J connectivity index is 0.00000176. The van der Waals surface area contributed by atoms with Gasteiger partial charge in [-0.05, 0) is 30.0 Å². The highest BCUT2D eigenvalue weighted by Crippen LogP contribution is 2.35. The van der Waals surface area contributed by atoms with Gasteiger partial charge in [0.05, 0.1) is 25.3 Å². The topological polar surface area (TPSA) is 56.3 Å². The summed E-state index contributed by atoms with van der Waals surface area (Å²) in [5.74, 6) is 2.26. The van der Waals surface area contributed by atoms with Crippen molar-refractivity contribution in [3.05, 3.63) is 35.5 Å². The van der Waals surface area contributed by atoms with Crippen LogP contribution >= 0.6 is 23.7 Å². The molecule has 0 saturated heterocycles. The van der Waals surface area contributed by atoms with E-state index >= 15 is 0 Å². The Kier molecular flexibility index (Phi) is 5.05. The van der Waals surface area contributed by atoms with E-state index < -0.39 is 0 Å². The number of hydrogen-bond acceptors (Lipinski definition) is 6. The Bertz CT molecular complexity index is 792. The number of halogens is 1. The summed E-state index contributed by atoms with van der Waals surface area (Å²) < 4.78 is 10.6. The Morgan fingerprint density at radius 3 is 2.68 bits per heavy atom. The quantitative estimate of drug-likeness (QED) is 0.773. The molecule has 0 aliphatic heterocycles. The van der Waals surface area contributed by atoms with Crippen molar-refractivity contribution in [1.82, 2.24) is 9.97 Å². The van der Waals surface area contributed by atoms with Crippen molar-refractivity contribution in [3.63, 3.8) is 0 Å². The first-order chi connectivity index (χ1) is 10.2. The van der Waals surface area contributed by atoms with Gasteiger partial charge >= 0.3 is 0 Å². The number of ether oxygens (including phenoxy) is 2. The van der Waals surface area contributed by atoms with E-state index in [-0.39, 0.29) is 12.4 Å². The van der Waals surface area contributed by atoms with Crippen LogP contribution in [-0.4, -0.2) is 24.2 Å². The molecule has 1 N–H and O–H groups in total. The number of hydrogen-bond donors (Lipinski definition) is 1. The van der Waals surface area contributed by atoms with Crippen LogP contribution in [-0.2, 0) is 0 Å². The van der Waals surface area contributed by atoms with Crippen molar-refractivity contribution in [2.24, 2.45) is 0 Å². The summed E-state index contributed by atoms with van der Waals surface area (Å²) in [6, 6.07) is 5.60. The smallest absolute Gasteiger partial charge is 0.142 e. The third-order valence-electron chi connectivity index (χ3n) is 3.21. The van der Waals surface area contributed by atoms with Crippen LogP contribution < -0.4 is 14.8 Å². The van der Waals surface area contributed by atoms with Crippen molar-refractivity contribution < 1.29 is 9.47 Å². The van der Waals surface area contributed by atoms with Crippen molar-refractivity contribution in [1.29, 1.82) is 0 Å². The van der Waals surface area contributed by atoms with Gasteiger partial charge in [-0.1, -0.05) is 0 Å². The lowest BCUT2D eigenvalue weighted by molar-refractivity contribution is 0.405. The number of aromatic nitrogens is 2. The van der Waals surface area contributed by atoms with Gasteiger partial charge in [-0.3, -0.25) is 0 Å². The molecule has 0 atom stereocenters. The van der Waals surface area contributed by atoms with E-state index in [9.17, 15) is 0 Å². The van der Waals surface area contributed by atoms with E-state index in [4.69, 9.17) is 9.47 Å². The second-order valence-corrected chi connectivity index (χ2v) is 5.37. The molecule has 22 heavy (non-hydrogen) atoms. The minimum absolute atomic E-state index is 0. The fourth-order valence-electron chi connectivity index (χ4n) is 2.15. The molecule has 0 saturated carbocycles. The number of benzene rings is 1. The van der Waals surface area contributed by atoms with E-state index in [1.807, 2.05) is 18.2 Å². The molecule has 116 valence electrons. The molecule has 2 heterocycles. The Morgan fingerprint density at radius 2 is 1.95 bits per heavy atom. The number of methoxy groups -OCH3 is 2. The van der Waals surface area contributed by atoms with E-state index in [0.717, 1.165) is 38.8 Å². The Labute approximate surface area is 138 Å². The fourth-order valence-corrected chi connectivity index (χ4v) is 3.04. The van der Waals surface area contributed by atoms with Gasteiger partial charge in [0.2, 0.25) is 0 Å². The van der Waals surface area contributed by atoms with Crippen LogP contribution in [0, 0.1) is 6.92 Å². The number of rotatable bonds is 4. The molecule has 0 unspecified atom stereocenters. The van der Waals surface area contributed by atoms with Gasteiger partial charge < -0.3 is 14.8 Å². The number of fused-ring (bicyclic) bond motifs is 1. The van der Waals surface area contributed by atoms with E-state index in [1.54, 1.807) is 31.9 Å².